The van der Waals surface area contributed by atoms with Crippen LogP contribution in [0.2, 0.25) is 5.02 Å². The van der Waals surface area contributed by atoms with Crippen LogP contribution in [-0.2, 0) is 6.54 Å². The lowest BCUT2D eigenvalue weighted by Crippen LogP contribution is -2.44. The van der Waals surface area contributed by atoms with Gasteiger partial charge in [-0.25, -0.2) is 18.7 Å². The van der Waals surface area contributed by atoms with Crippen LogP contribution in [0, 0.1) is 23.0 Å². The third-order valence-electron chi connectivity index (χ3n) is 7.73. The van der Waals surface area contributed by atoms with Crippen LogP contribution in [0.1, 0.15) is 18.1 Å². The molecule has 1 aliphatic heterocycles. The minimum absolute atomic E-state index is 0.0582. The van der Waals surface area contributed by atoms with Crippen molar-refractivity contribution in [3.05, 3.63) is 82.5 Å². The van der Waals surface area contributed by atoms with Gasteiger partial charge in [-0.3, -0.25) is 0 Å². The molecule has 0 atom stereocenters. The van der Waals surface area contributed by atoms with Gasteiger partial charge in [0.1, 0.15) is 23.0 Å². The van der Waals surface area contributed by atoms with Gasteiger partial charge in [-0.05, 0) is 57.0 Å². The number of benzene rings is 3. The molecule has 0 aliphatic carbocycles. The number of hydrogen-bond donors (Lipinski definition) is 1. The van der Waals surface area contributed by atoms with Crippen molar-refractivity contribution in [1.29, 1.82) is 5.26 Å². The van der Waals surface area contributed by atoms with Crippen molar-refractivity contribution in [3.63, 3.8) is 0 Å². The van der Waals surface area contributed by atoms with Crippen molar-refractivity contribution in [1.82, 2.24) is 19.8 Å². The Morgan fingerprint density at radius 1 is 1.09 bits per heavy atom. The van der Waals surface area contributed by atoms with E-state index in [-0.39, 0.29) is 31.5 Å². The zero-order chi connectivity index (χ0) is 31.1. The number of anilines is 2. The number of nitriles is 1. The number of allylic oxidation sites excluding steroid dienone is 1. The largest absolute Gasteiger partial charge is 0.375 e. The quantitative estimate of drug-likeness (QED) is 0.211. The molecule has 44 heavy (non-hydrogen) atoms. The Balaban J connectivity index is 1.64. The highest BCUT2D eigenvalue weighted by molar-refractivity contribution is 7.22. The number of rotatable bonds is 6. The van der Waals surface area contributed by atoms with Crippen molar-refractivity contribution in [2.24, 2.45) is 0 Å². The molecule has 3 aromatic carbocycles. The van der Waals surface area contributed by atoms with Crippen LogP contribution in [0.15, 0.2) is 54.7 Å². The molecule has 0 bridgehead atoms. The second-order valence-electron chi connectivity index (χ2n) is 11.0. The van der Waals surface area contributed by atoms with Crippen molar-refractivity contribution in [2.45, 2.75) is 13.5 Å². The number of thiazole rings is 1. The molecule has 224 valence electrons. The molecule has 1 aliphatic rings. The van der Waals surface area contributed by atoms with Gasteiger partial charge in [0.05, 0.1) is 26.6 Å². The van der Waals surface area contributed by atoms with Gasteiger partial charge in [-0.15, -0.1) is 0 Å². The molecule has 0 radical (unpaired) electrons. The molecule has 0 amide bonds. The molecule has 6 rings (SSSR count). The Hall–Kier alpha value is -4.30. The van der Waals surface area contributed by atoms with Crippen LogP contribution in [0.3, 0.4) is 0 Å². The van der Waals surface area contributed by atoms with Crippen molar-refractivity contribution < 1.29 is 8.78 Å². The molecule has 1 fully saturated rings. The maximum Gasteiger partial charge on any atom is 0.181 e. The number of nitrogen functional groups attached to an aromatic ring is 1. The zero-order valence-electron chi connectivity index (χ0n) is 24.5. The molecule has 11 heteroatoms. The van der Waals surface area contributed by atoms with Gasteiger partial charge in [0, 0.05) is 54.8 Å². The van der Waals surface area contributed by atoms with Crippen LogP contribution >= 0.6 is 22.9 Å². The lowest BCUT2D eigenvalue weighted by molar-refractivity contribution is 0.349. The lowest BCUT2D eigenvalue weighted by atomic mass is 9.96. The molecule has 7 nitrogen and oxygen atoms in total. The topological polar surface area (TPSA) is 85.3 Å². The fourth-order valence-electron chi connectivity index (χ4n) is 5.88. The highest BCUT2D eigenvalue weighted by Crippen LogP contribution is 2.45. The Morgan fingerprint density at radius 2 is 1.86 bits per heavy atom. The van der Waals surface area contributed by atoms with Gasteiger partial charge >= 0.3 is 0 Å². The average molecular weight is 630 g/mol. The number of nitrogens with two attached hydrogens (primary N) is 1. The van der Waals surface area contributed by atoms with Crippen LogP contribution in [0.5, 0.6) is 0 Å². The fraction of sp³-hybridized carbons (Fsp3) is 0.242. The Bertz CT molecular complexity index is 1970. The first-order chi connectivity index (χ1) is 21.2. The van der Waals surface area contributed by atoms with Gasteiger partial charge in [-0.2, -0.15) is 5.26 Å². The second kappa shape index (κ2) is 12.0. The van der Waals surface area contributed by atoms with E-state index in [1.165, 1.54) is 12.1 Å². The Morgan fingerprint density at radius 3 is 2.57 bits per heavy atom. The van der Waals surface area contributed by atoms with E-state index in [0.717, 1.165) is 30.0 Å². The maximum atomic E-state index is 16.9. The summed E-state index contributed by atoms with van der Waals surface area (Å²) in [7, 11) is 3.96. The summed E-state index contributed by atoms with van der Waals surface area (Å²) in [6, 6.07) is 14.6. The summed E-state index contributed by atoms with van der Waals surface area (Å²) in [5.41, 5.74) is 9.70. The number of nitrogens with zero attached hydrogens (tertiary/aromatic N) is 6. The molecule has 3 heterocycles. The van der Waals surface area contributed by atoms with E-state index >= 15 is 4.39 Å². The number of halogens is 3. The second-order valence-corrected chi connectivity index (χ2v) is 12.4. The first kappa shape index (κ1) is 29.8. The molecule has 1 saturated heterocycles. The van der Waals surface area contributed by atoms with E-state index in [9.17, 15) is 9.65 Å². The summed E-state index contributed by atoms with van der Waals surface area (Å²) < 4.78 is 31.8. The van der Waals surface area contributed by atoms with Crippen LogP contribution in [-0.4, -0.2) is 60.0 Å². The molecular weight excluding hydrogens is 600 g/mol. The number of pyridine rings is 1. The van der Waals surface area contributed by atoms with Crippen LogP contribution < -0.4 is 10.6 Å². The maximum absolute atomic E-state index is 16.9. The summed E-state index contributed by atoms with van der Waals surface area (Å²) in [5.74, 6) is -1.16. The molecule has 2 N–H and O–H groups in total. The van der Waals surface area contributed by atoms with E-state index < -0.39 is 11.6 Å². The molecule has 0 saturated carbocycles. The van der Waals surface area contributed by atoms with Crippen LogP contribution in [0.25, 0.3) is 43.5 Å². The summed E-state index contributed by atoms with van der Waals surface area (Å²) in [4.78, 5) is 15.5. The van der Waals surface area contributed by atoms with E-state index in [4.69, 9.17) is 22.3 Å². The summed E-state index contributed by atoms with van der Waals surface area (Å²) in [6.45, 7) is 5.38. The summed E-state index contributed by atoms with van der Waals surface area (Å²) >= 11 is 7.84. The zero-order valence-corrected chi connectivity index (χ0v) is 26.1. The molecule has 0 unspecified atom stereocenters. The average Bonchev–Trinajstić information content (AvgIpc) is 3.40. The fourth-order valence-corrected chi connectivity index (χ4v) is 6.94. The highest BCUT2D eigenvalue weighted by atomic mass is 35.5. The van der Waals surface area contributed by atoms with E-state index in [1.807, 2.05) is 57.6 Å². The SMILES string of the molecule is CC=CN1CCN(c2c(C#N)c(-c3cccc(CN(C)C)c3)nc3c(F)c(-c4ccc(F)c5sc(N)nc45)c(Cl)cc23)CC1. The number of aromatic nitrogens is 2. The molecule has 2 aromatic heterocycles. The number of hydrogen-bond acceptors (Lipinski definition) is 8. The molecule has 0 spiro atoms. The first-order valence-electron chi connectivity index (χ1n) is 14.2. The van der Waals surface area contributed by atoms with Gasteiger partial charge in [-0.1, -0.05) is 47.2 Å². The monoisotopic (exact) mass is 629 g/mol. The third kappa shape index (κ3) is 5.32. The third-order valence-corrected chi connectivity index (χ3v) is 8.92. The summed E-state index contributed by atoms with van der Waals surface area (Å²) in [5, 5.41) is 11.3. The standard InChI is InChI=1S/C33H30ClF2N7S/c1-4-10-42-11-13-43(14-12-42)31-22-16-24(34)26(21-8-9-25(35)32-30(21)40-33(38)44-32)27(36)29(22)39-28(23(31)17-37)20-7-5-6-19(15-20)18-41(2)3/h4-10,15-16H,11-14,18H2,1-3H3,(H2,38,40). The van der Waals surface area contributed by atoms with Crippen LogP contribution in [0.4, 0.5) is 19.6 Å². The van der Waals surface area contributed by atoms with E-state index in [1.54, 1.807) is 6.07 Å². The van der Waals surface area contributed by atoms with E-state index in [2.05, 4.69) is 25.8 Å². The minimum atomic E-state index is -0.670. The van der Waals surface area contributed by atoms with Gasteiger partial charge in [0.15, 0.2) is 10.9 Å². The van der Waals surface area contributed by atoms with Gasteiger partial charge in [0.2, 0.25) is 0 Å². The minimum Gasteiger partial charge on any atom is -0.375 e. The lowest BCUT2D eigenvalue weighted by Gasteiger charge is -2.36. The molecule has 5 aromatic rings. The predicted octanol–water partition coefficient (Wildman–Crippen LogP) is 7.28. The highest BCUT2D eigenvalue weighted by Gasteiger charge is 2.28. The number of piperazine rings is 1. The smallest absolute Gasteiger partial charge is 0.181 e. The Labute approximate surface area is 263 Å². The van der Waals surface area contributed by atoms with Crippen molar-refractivity contribution in [3.8, 4) is 28.5 Å². The first-order valence-corrected chi connectivity index (χ1v) is 15.4. The Kier molecular flexibility index (Phi) is 8.12. The van der Waals surface area contributed by atoms with Crippen molar-refractivity contribution in [2.75, 3.05) is 50.9 Å². The van der Waals surface area contributed by atoms with E-state index in [0.29, 0.717) is 53.1 Å². The normalized spacial score (nSPS) is 14.0. The summed E-state index contributed by atoms with van der Waals surface area (Å²) in [6.07, 6.45) is 4.04. The number of fused-ring (bicyclic) bond motifs is 2. The molecular formula is C33H30ClF2N7S. The van der Waals surface area contributed by atoms with Gasteiger partial charge < -0.3 is 20.4 Å². The van der Waals surface area contributed by atoms with Crippen molar-refractivity contribution >= 4 is 54.9 Å². The van der Waals surface area contributed by atoms with Gasteiger partial charge in [0.25, 0.3) is 0 Å². The predicted molar refractivity (Wildman–Crippen MR) is 176 cm³/mol.